The van der Waals surface area contributed by atoms with Gasteiger partial charge in [0.25, 0.3) is 0 Å². The lowest BCUT2D eigenvalue weighted by Gasteiger charge is -2.08. The van der Waals surface area contributed by atoms with E-state index in [2.05, 4.69) is 15.6 Å². The largest absolute Gasteiger partial charge is 0.326 e. The summed E-state index contributed by atoms with van der Waals surface area (Å²) in [5, 5.41) is 7.86. The number of hydrogen-bond acceptors (Lipinski definition) is 4. The highest BCUT2D eigenvalue weighted by molar-refractivity contribution is 8.15. The van der Waals surface area contributed by atoms with Gasteiger partial charge in [0.15, 0.2) is 5.17 Å². The summed E-state index contributed by atoms with van der Waals surface area (Å²) in [6, 6.07) is 21.5. The molecule has 140 valence electrons. The summed E-state index contributed by atoms with van der Waals surface area (Å²) < 4.78 is 0. The minimum atomic E-state index is -0.482. The molecular formula is C22H19N3O2S. The first-order chi connectivity index (χ1) is 13.6. The van der Waals surface area contributed by atoms with E-state index in [1.165, 1.54) is 11.8 Å². The van der Waals surface area contributed by atoms with Gasteiger partial charge < -0.3 is 10.6 Å². The molecule has 0 aromatic heterocycles. The van der Waals surface area contributed by atoms with Crippen LogP contribution in [0.3, 0.4) is 0 Å². The van der Waals surface area contributed by atoms with Crippen molar-refractivity contribution in [1.82, 2.24) is 5.32 Å². The number of hydrogen-bond donors (Lipinski definition) is 2. The van der Waals surface area contributed by atoms with Gasteiger partial charge in [0.05, 0.1) is 5.69 Å². The molecule has 1 atom stereocenters. The van der Waals surface area contributed by atoms with Gasteiger partial charge in [-0.1, -0.05) is 54.2 Å². The van der Waals surface area contributed by atoms with Crippen LogP contribution in [0, 0.1) is 6.92 Å². The van der Waals surface area contributed by atoms with Crippen molar-refractivity contribution < 1.29 is 9.59 Å². The van der Waals surface area contributed by atoms with Gasteiger partial charge in [0.1, 0.15) is 5.25 Å². The van der Waals surface area contributed by atoms with Gasteiger partial charge >= 0.3 is 0 Å². The van der Waals surface area contributed by atoms with Crippen LogP contribution < -0.4 is 10.6 Å². The zero-order valence-electron chi connectivity index (χ0n) is 15.3. The van der Waals surface area contributed by atoms with Gasteiger partial charge in [-0.25, -0.2) is 4.99 Å². The second kappa shape index (κ2) is 7.86. The fourth-order valence-corrected chi connectivity index (χ4v) is 4.04. The molecule has 6 heteroatoms. The monoisotopic (exact) mass is 389 g/mol. The molecule has 0 radical (unpaired) electrons. The summed E-state index contributed by atoms with van der Waals surface area (Å²) in [6.07, 6.45) is 0.0934. The van der Waals surface area contributed by atoms with Crippen molar-refractivity contribution in [3.63, 3.8) is 0 Å². The van der Waals surface area contributed by atoms with Crippen LogP contribution in [0.2, 0.25) is 0 Å². The fraction of sp³-hybridized carbons (Fsp3) is 0.136. The Morgan fingerprint density at radius 2 is 1.89 bits per heavy atom. The molecule has 1 aliphatic rings. The number of rotatable bonds is 4. The standard InChI is InChI=1S/C22H19N3O2S/c1-14-5-4-8-17(11-14)24-22-25-21(27)19(28-22)13-20(26)23-18-10-9-15-6-2-3-7-16(15)12-18/h2-12,19H,13H2,1H3,(H,23,26)(H,24,25,27)/t19-/m1/s1. The van der Waals surface area contributed by atoms with Crippen molar-refractivity contribution in [2.45, 2.75) is 18.6 Å². The highest BCUT2D eigenvalue weighted by Gasteiger charge is 2.32. The SMILES string of the molecule is Cc1cccc(N=C2NC(=O)[C@@H](CC(=O)Nc3ccc4ccccc4c3)S2)c1. The van der Waals surface area contributed by atoms with Gasteiger partial charge in [-0.2, -0.15) is 0 Å². The summed E-state index contributed by atoms with van der Waals surface area (Å²) in [7, 11) is 0. The highest BCUT2D eigenvalue weighted by Crippen LogP contribution is 2.26. The average molecular weight is 389 g/mol. The average Bonchev–Trinajstić information content (AvgIpc) is 3.00. The number of carbonyl (C=O) groups excluding carboxylic acids is 2. The zero-order chi connectivity index (χ0) is 19.5. The lowest BCUT2D eigenvalue weighted by molar-refractivity contribution is -0.122. The van der Waals surface area contributed by atoms with Crippen molar-refractivity contribution in [2.24, 2.45) is 4.99 Å². The number of carbonyl (C=O) groups is 2. The second-order valence-electron chi connectivity index (χ2n) is 6.67. The summed E-state index contributed by atoms with van der Waals surface area (Å²) >= 11 is 1.29. The lowest BCUT2D eigenvalue weighted by atomic mass is 10.1. The number of benzene rings is 3. The Morgan fingerprint density at radius 3 is 2.71 bits per heavy atom. The minimum absolute atomic E-state index is 0.0934. The number of fused-ring (bicyclic) bond motifs is 1. The normalized spacial score (nSPS) is 17.7. The maximum Gasteiger partial charge on any atom is 0.240 e. The van der Waals surface area contributed by atoms with Crippen LogP contribution >= 0.6 is 11.8 Å². The van der Waals surface area contributed by atoms with E-state index in [9.17, 15) is 9.59 Å². The van der Waals surface area contributed by atoms with Crippen LogP contribution in [-0.2, 0) is 9.59 Å². The molecule has 0 bridgehead atoms. The summed E-state index contributed by atoms with van der Waals surface area (Å²) in [5.41, 5.74) is 2.60. The van der Waals surface area contributed by atoms with E-state index in [0.29, 0.717) is 5.17 Å². The Hall–Kier alpha value is -3.12. The van der Waals surface area contributed by atoms with Gasteiger partial charge in [-0.3, -0.25) is 9.59 Å². The molecule has 1 fully saturated rings. The van der Waals surface area contributed by atoms with Crippen molar-refractivity contribution >= 4 is 50.9 Å². The number of aryl methyl sites for hydroxylation is 1. The van der Waals surface area contributed by atoms with Crippen LogP contribution in [0.4, 0.5) is 11.4 Å². The fourth-order valence-electron chi connectivity index (χ4n) is 3.05. The predicted molar refractivity (Wildman–Crippen MR) is 115 cm³/mol. The third kappa shape index (κ3) is 4.23. The van der Waals surface area contributed by atoms with Crippen molar-refractivity contribution in [3.05, 3.63) is 72.3 Å². The smallest absolute Gasteiger partial charge is 0.240 e. The van der Waals surface area contributed by atoms with Crippen LogP contribution in [0.25, 0.3) is 10.8 Å². The van der Waals surface area contributed by atoms with Crippen LogP contribution in [0.5, 0.6) is 0 Å². The van der Waals surface area contributed by atoms with Crippen LogP contribution in [0.15, 0.2) is 71.7 Å². The van der Waals surface area contributed by atoms with Crippen LogP contribution in [0.1, 0.15) is 12.0 Å². The summed E-state index contributed by atoms with van der Waals surface area (Å²) in [5.74, 6) is -0.384. The molecule has 28 heavy (non-hydrogen) atoms. The molecule has 1 aliphatic heterocycles. The number of thioether (sulfide) groups is 1. The number of amidine groups is 1. The maximum atomic E-state index is 12.4. The Bertz CT molecular complexity index is 1090. The van der Waals surface area contributed by atoms with E-state index >= 15 is 0 Å². The maximum absolute atomic E-state index is 12.4. The topological polar surface area (TPSA) is 70.6 Å². The molecule has 4 rings (SSSR count). The Kier molecular flexibility index (Phi) is 5.12. The molecular weight excluding hydrogens is 370 g/mol. The van der Waals surface area contributed by atoms with E-state index < -0.39 is 5.25 Å². The number of nitrogens with zero attached hydrogens (tertiary/aromatic N) is 1. The van der Waals surface area contributed by atoms with E-state index in [1.807, 2.05) is 73.7 Å². The third-order valence-corrected chi connectivity index (χ3v) is 5.49. The first-order valence-electron chi connectivity index (χ1n) is 8.98. The lowest BCUT2D eigenvalue weighted by Crippen LogP contribution is -2.28. The van der Waals surface area contributed by atoms with Gasteiger partial charge in [0.2, 0.25) is 11.8 Å². The van der Waals surface area contributed by atoms with Crippen molar-refractivity contribution in [2.75, 3.05) is 5.32 Å². The molecule has 3 aromatic carbocycles. The van der Waals surface area contributed by atoms with E-state index in [0.717, 1.165) is 27.7 Å². The Balaban J connectivity index is 1.40. The van der Waals surface area contributed by atoms with Gasteiger partial charge in [-0.05, 0) is 47.5 Å². The Labute approximate surface area is 167 Å². The first kappa shape index (κ1) is 18.3. The first-order valence-corrected chi connectivity index (χ1v) is 9.86. The van der Waals surface area contributed by atoms with Crippen molar-refractivity contribution in [3.8, 4) is 0 Å². The molecule has 1 saturated heterocycles. The zero-order valence-corrected chi connectivity index (χ0v) is 16.1. The molecule has 0 saturated carbocycles. The van der Waals surface area contributed by atoms with Crippen LogP contribution in [-0.4, -0.2) is 22.2 Å². The molecule has 2 amide bonds. The van der Waals surface area contributed by atoms with E-state index in [4.69, 9.17) is 0 Å². The molecule has 3 aromatic rings. The Morgan fingerprint density at radius 1 is 1.07 bits per heavy atom. The third-order valence-electron chi connectivity index (χ3n) is 4.41. The summed E-state index contributed by atoms with van der Waals surface area (Å²) in [4.78, 5) is 29.1. The predicted octanol–water partition coefficient (Wildman–Crippen LogP) is 4.40. The number of aliphatic imine (C=N–C) groups is 1. The van der Waals surface area contributed by atoms with E-state index in [-0.39, 0.29) is 18.2 Å². The van der Waals surface area contributed by atoms with Crippen molar-refractivity contribution in [1.29, 1.82) is 0 Å². The molecule has 2 N–H and O–H groups in total. The number of anilines is 1. The van der Waals surface area contributed by atoms with Gasteiger partial charge in [-0.15, -0.1) is 0 Å². The highest BCUT2D eigenvalue weighted by atomic mass is 32.2. The number of amides is 2. The second-order valence-corrected chi connectivity index (χ2v) is 7.86. The molecule has 0 spiro atoms. The minimum Gasteiger partial charge on any atom is -0.326 e. The van der Waals surface area contributed by atoms with E-state index in [1.54, 1.807) is 0 Å². The molecule has 0 aliphatic carbocycles. The molecule has 1 heterocycles. The number of nitrogens with one attached hydrogen (secondary N) is 2. The van der Waals surface area contributed by atoms with Gasteiger partial charge in [0, 0.05) is 12.1 Å². The molecule has 0 unspecified atom stereocenters. The summed E-state index contributed by atoms with van der Waals surface area (Å²) in [6.45, 7) is 1.99. The molecule has 5 nitrogen and oxygen atoms in total. The quantitative estimate of drug-likeness (QED) is 0.695.